The number of rotatable bonds is 2. The predicted molar refractivity (Wildman–Crippen MR) is 71.0 cm³/mol. The number of hydrogen-bond donors (Lipinski definition) is 1. The fourth-order valence-electron chi connectivity index (χ4n) is 2.16. The van der Waals surface area contributed by atoms with Crippen molar-refractivity contribution in [2.24, 2.45) is 11.1 Å². The zero-order valence-electron chi connectivity index (χ0n) is 9.85. The predicted octanol–water partition coefficient (Wildman–Crippen LogP) is 2.12. The van der Waals surface area contributed by atoms with Gasteiger partial charge in [0.25, 0.3) is 0 Å². The summed E-state index contributed by atoms with van der Waals surface area (Å²) >= 11 is 1.67. The summed E-state index contributed by atoms with van der Waals surface area (Å²) in [5.41, 5.74) is 9.42. The number of halogens is 1. The quantitative estimate of drug-likeness (QED) is 0.887. The minimum atomic E-state index is 0. The molecule has 1 atom stereocenters. The normalized spacial score (nSPS) is 25.1. The Morgan fingerprint density at radius 2 is 2.38 bits per heavy atom. The monoisotopic (exact) mass is 261 g/mol. The molecule has 0 radical (unpaired) electrons. The van der Waals surface area contributed by atoms with E-state index in [9.17, 15) is 0 Å². The van der Waals surface area contributed by atoms with Gasteiger partial charge in [0, 0.05) is 31.1 Å². The molecule has 1 unspecified atom stereocenters. The molecule has 1 saturated heterocycles. The topological polar surface area (TPSA) is 42.2 Å². The molecule has 1 aromatic rings. The van der Waals surface area contributed by atoms with E-state index in [2.05, 4.69) is 29.1 Å². The number of aromatic nitrogens is 1. The maximum atomic E-state index is 6.11. The van der Waals surface area contributed by atoms with Crippen LogP contribution in [0.5, 0.6) is 0 Å². The first-order valence-corrected chi connectivity index (χ1v) is 6.37. The lowest BCUT2D eigenvalue weighted by molar-refractivity contribution is 0.0890. The maximum absolute atomic E-state index is 6.11. The standard InChI is InChI=1S/C11H19N3S.ClH/c1-11(2)7-14(4-3-10(11)12)5-9-6-15-8-13-9;/h6,8,10H,3-5,7,12H2,1-2H3;1H. The summed E-state index contributed by atoms with van der Waals surface area (Å²) in [5, 5.41) is 2.13. The van der Waals surface area contributed by atoms with Crippen molar-refractivity contribution < 1.29 is 0 Å². The molecule has 1 aliphatic heterocycles. The molecule has 1 aliphatic rings. The first-order valence-electron chi connectivity index (χ1n) is 5.43. The Morgan fingerprint density at radius 1 is 1.62 bits per heavy atom. The van der Waals surface area contributed by atoms with Crippen LogP contribution < -0.4 is 5.73 Å². The average Bonchev–Trinajstić information content (AvgIpc) is 2.63. The average molecular weight is 262 g/mol. The van der Waals surface area contributed by atoms with Gasteiger partial charge in [0.15, 0.2) is 0 Å². The summed E-state index contributed by atoms with van der Waals surface area (Å²) in [4.78, 5) is 6.78. The van der Waals surface area contributed by atoms with Crippen LogP contribution >= 0.6 is 23.7 Å². The molecule has 0 bridgehead atoms. The third-order valence-corrected chi connectivity index (χ3v) is 3.90. The van der Waals surface area contributed by atoms with Crippen molar-refractivity contribution in [3.8, 4) is 0 Å². The molecule has 3 nitrogen and oxygen atoms in total. The summed E-state index contributed by atoms with van der Waals surface area (Å²) in [6.45, 7) is 7.66. The maximum Gasteiger partial charge on any atom is 0.0795 e. The van der Waals surface area contributed by atoms with E-state index in [0.29, 0.717) is 6.04 Å². The molecular formula is C11H20ClN3S. The van der Waals surface area contributed by atoms with E-state index in [1.807, 2.05) is 5.51 Å². The second-order valence-electron chi connectivity index (χ2n) is 5.07. The van der Waals surface area contributed by atoms with E-state index < -0.39 is 0 Å². The lowest BCUT2D eigenvalue weighted by atomic mass is 9.80. The molecule has 2 heterocycles. The summed E-state index contributed by atoms with van der Waals surface area (Å²) in [6.07, 6.45) is 1.09. The largest absolute Gasteiger partial charge is 0.327 e. The zero-order valence-corrected chi connectivity index (χ0v) is 11.5. The molecule has 92 valence electrons. The molecule has 0 saturated carbocycles. The molecule has 0 aromatic carbocycles. The molecular weight excluding hydrogens is 242 g/mol. The van der Waals surface area contributed by atoms with Crippen LogP contribution in [0.25, 0.3) is 0 Å². The SMILES string of the molecule is CC1(C)CN(Cc2cscn2)CCC1N.Cl. The smallest absolute Gasteiger partial charge is 0.0795 e. The van der Waals surface area contributed by atoms with Gasteiger partial charge in [0.2, 0.25) is 0 Å². The van der Waals surface area contributed by atoms with Gasteiger partial charge in [0.1, 0.15) is 0 Å². The summed E-state index contributed by atoms with van der Waals surface area (Å²) in [6, 6.07) is 0.337. The number of nitrogens with two attached hydrogens (primary N) is 1. The molecule has 2 N–H and O–H groups in total. The van der Waals surface area contributed by atoms with Gasteiger partial charge in [-0.3, -0.25) is 4.90 Å². The molecule has 0 spiro atoms. The molecule has 5 heteroatoms. The highest BCUT2D eigenvalue weighted by atomic mass is 35.5. The van der Waals surface area contributed by atoms with Crippen molar-refractivity contribution in [1.29, 1.82) is 0 Å². The van der Waals surface area contributed by atoms with E-state index in [-0.39, 0.29) is 17.8 Å². The summed E-state index contributed by atoms with van der Waals surface area (Å²) < 4.78 is 0. The second-order valence-corrected chi connectivity index (χ2v) is 5.79. The minimum absolute atomic E-state index is 0. The Morgan fingerprint density at radius 3 is 2.94 bits per heavy atom. The van der Waals surface area contributed by atoms with Gasteiger partial charge in [-0.2, -0.15) is 0 Å². The minimum Gasteiger partial charge on any atom is -0.327 e. The van der Waals surface area contributed by atoms with Crippen LogP contribution in [-0.4, -0.2) is 29.0 Å². The van der Waals surface area contributed by atoms with Crippen molar-refractivity contribution in [3.63, 3.8) is 0 Å². The Balaban J connectivity index is 0.00000128. The van der Waals surface area contributed by atoms with E-state index >= 15 is 0 Å². The number of hydrogen-bond acceptors (Lipinski definition) is 4. The number of likely N-dealkylation sites (tertiary alicyclic amines) is 1. The molecule has 0 aliphatic carbocycles. The van der Waals surface area contributed by atoms with Crippen molar-refractivity contribution >= 4 is 23.7 Å². The third kappa shape index (κ3) is 3.17. The van der Waals surface area contributed by atoms with Gasteiger partial charge in [0.05, 0.1) is 11.2 Å². The van der Waals surface area contributed by atoms with Crippen molar-refractivity contribution in [1.82, 2.24) is 9.88 Å². The van der Waals surface area contributed by atoms with E-state index in [1.165, 1.54) is 5.69 Å². The first kappa shape index (κ1) is 13.9. The van der Waals surface area contributed by atoms with Crippen LogP contribution in [-0.2, 0) is 6.54 Å². The molecule has 1 fully saturated rings. The molecule has 1 aromatic heterocycles. The van der Waals surface area contributed by atoms with E-state index in [1.54, 1.807) is 11.3 Å². The third-order valence-electron chi connectivity index (χ3n) is 3.26. The second kappa shape index (κ2) is 5.45. The highest BCUT2D eigenvalue weighted by Crippen LogP contribution is 2.28. The van der Waals surface area contributed by atoms with Gasteiger partial charge >= 0.3 is 0 Å². The Hall–Kier alpha value is -0.160. The molecule has 0 amide bonds. The fraction of sp³-hybridized carbons (Fsp3) is 0.727. The fourth-order valence-corrected chi connectivity index (χ4v) is 2.71. The Labute approximate surface area is 107 Å². The number of thiazole rings is 1. The van der Waals surface area contributed by atoms with Gasteiger partial charge in [-0.05, 0) is 11.8 Å². The van der Waals surface area contributed by atoms with Crippen LogP contribution in [0.3, 0.4) is 0 Å². The molecule has 16 heavy (non-hydrogen) atoms. The lowest BCUT2D eigenvalue weighted by Crippen LogP contribution is -2.52. The Kier molecular flexibility index (Phi) is 4.73. The summed E-state index contributed by atoms with van der Waals surface area (Å²) in [7, 11) is 0. The van der Waals surface area contributed by atoms with Crippen molar-refractivity contribution in [2.75, 3.05) is 13.1 Å². The van der Waals surface area contributed by atoms with Gasteiger partial charge in [-0.15, -0.1) is 23.7 Å². The van der Waals surface area contributed by atoms with Crippen molar-refractivity contribution in [2.45, 2.75) is 32.9 Å². The Bertz CT molecular complexity index is 313. The molecule has 2 rings (SSSR count). The van der Waals surface area contributed by atoms with Crippen LogP contribution in [0.15, 0.2) is 10.9 Å². The number of piperidine rings is 1. The highest BCUT2D eigenvalue weighted by molar-refractivity contribution is 7.07. The first-order chi connectivity index (χ1) is 7.08. The van der Waals surface area contributed by atoms with Gasteiger partial charge in [-0.25, -0.2) is 4.98 Å². The number of nitrogens with zero attached hydrogens (tertiary/aromatic N) is 2. The zero-order chi connectivity index (χ0) is 10.9. The van der Waals surface area contributed by atoms with Crippen molar-refractivity contribution in [3.05, 3.63) is 16.6 Å². The van der Waals surface area contributed by atoms with Crippen LogP contribution in [0.2, 0.25) is 0 Å². The van der Waals surface area contributed by atoms with E-state index in [0.717, 1.165) is 26.1 Å². The highest BCUT2D eigenvalue weighted by Gasteiger charge is 2.33. The van der Waals surface area contributed by atoms with E-state index in [4.69, 9.17) is 5.73 Å². The van der Waals surface area contributed by atoms with Gasteiger partial charge < -0.3 is 5.73 Å². The van der Waals surface area contributed by atoms with Crippen LogP contribution in [0.4, 0.5) is 0 Å². The van der Waals surface area contributed by atoms with Gasteiger partial charge in [-0.1, -0.05) is 13.8 Å². The summed E-state index contributed by atoms with van der Waals surface area (Å²) in [5.74, 6) is 0. The van der Waals surface area contributed by atoms with Crippen LogP contribution in [0.1, 0.15) is 26.0 Å². The van der Waals surface area contributed by atoms with Crippen LogP contribution in [0, 0.1) is 5.41 Å². The lowest BCUT2D eigenvalue weighted by Gasteiger charge is -2.42.